The van der Waals surface area contributed by atoms with Gasteiger partial charge in [-0.1, -0.05) is 99.8 Å². The minimum Gasteiger partial charge on any atom is -0.347 e. The summed E-state index contributed by atoms with van der Waals surface area (Å²) in [6.07, 6.45) is 0.763. The van der Waals surface area contributed by atoms with Crippen molar-refractivity contribution in [3.05, 3.63) is 0 Å². The number of alkyl halides is 4. The number of amides is 12. The van der Waals surface area contributed by atoms with Crippen LogP contribution in [0.5, 0.6) is 0 Å². The standard InChI is InChI=1S/C70H116ClF3N12O12/c1-19-42(6)57-66(96)81(14)45(9)61(91)86-34-31-51(86)65(95)83(16)53(37-47-25-23-41(5)24-26-47)64(94)79(12)39-55(87)75-50(30-28-46-27-29-48(49(71)36-46)70(72,73)74)62(92)80(13)44(8)59(89)77-69(32-21-22-33-69)68(98)85(18)58(43(7)20-2)67(97)84(17)54(63(93)78(10)11)38-56(88)82(15)52(35-40(3)4)60(90)76-57/h40-54,57-58H,19-39H2,1-18H3,(H,75,87)(H,76,90)(H,77,89)/t41?,42-,43-,44-,45-,46?,47?,48?,49?,50-,51-,52-,53-,54-,57-,58-/m0/s1. The maximum atomic E-state index is 15.3. The Labute approximate surface area is 584 Å². The average molecular weight is 1410 g/mol. The summed E-state index contributed by atoms with van der Waals surface area (Å²) in [4.78, 5) is 189. The Morgan fingerprint density at radius 1 is 0.633 bits per heavy atom. The number of nitrogens with one attached hydrogen (secondary N) is 3. The molecule has 3 N–H and O–H groups in total. The van der Waals surface area contributed by atoms with Gasteiger partial charge >= 0.3 is 6.18 Å². The SMILES string of the molecule is CC[C@H](C)[C@@H]1NC(=O)[C@H](CC(C)C)N(C)C(=O)C[C@@H](C(=O)N(C)C)N(C)C(=O)[C@H]([C@@H](C)CC)N(C)C(=O)C2(CCCC2)NC(=O)[C@H](C)N(C)C(=O)[C@H](CCC2CCC(C(F)(F)F)C(Cl)C2)NC(=O)CN(C)C(=O)[C@H](CC2CCC(C)CC2)N(C)C(=O)[C@@H]2CCN2C(=O)[C@H](C)N(C)C1=O. The van der Waals surface area contributed by atoms with Crippen LogP contribution in [0.4, 0.5) is 13.2 Å². The van der Waals surface area contributed by atoms with E-state index in [2.05, 4.69) is 22.9 Å². The van der Waals surface area contributed by atoms with Crippen molar-refractivity contribution in [3.8, 4) is 0 Å². The number of fused-ring (bicyclic) bond motifs is 1. The van der Waals surface area contributed by atoms with E-state index < -0.39 is 173 Å². The van der Waals surface area contributed by atoms with Crippen LogP contribution in [0.3, 0.4) is 0 Å². The molecule has 556 valence electrons. The third-order valence-corrected chi connectivity index (χ3v) is 23.0. The summed E-state index contributed by atoms with van der Waals surface area (Å²) in [5, 5.41) is 7.41. The molecule has 3 saturated carbocycles. The van der Waals surface area contributed by atoms with E-state index in [9.17, 15) is 61.1 Å². The normalized spacial score (nSPS) is 31.4. The van der Waals surface area contributed by atoms with Gasteiger partial charge in [0.25, 0.3) is 0 Å². The van der Waals surface area contributed by atoms with Crippen LogP contribution in [0.1, 0.15) is 184 Å². The maximum absolute atomic E-state index is 15.3. The van der Waals surface area contributed by atoms with Gasteiger partial charge in [0.05, 0.1) is 18.9 Å². The zero-order valence-corrected chi connectivity index (χ0v) is 62.4. The second-order valence-electron chi connectivity index (χ2n) is 30.1. The summed E-state index contributed by atoms with van der Waals surface area (Å²) in [7, 11) is 12.8. The Morgan fingerprint density at radius 2 is 1.21 bits per heavy atom. The maximum Gasteiger partial charge on any atom is 0.393 e. The molecule has 0 radical (unpaired) electrons. The molecule has 5 aliphatic rings. The summed E-state index contributed by atoms with van der Waals surface area (Å²) < 4.78 is 41.9. The van der Waals surface area contributed by atoms with E-state index in [1.165, 1.54) is 107 Å². The number of carbonyl (C=O) groups excluding carboxylic acids is 12. The second kappa shape index (κ2) is 35.4. The lowest BCUT2D eigenvalue weighted by Gasteiger charge is -2.45. The summed E-state index contributed by atoms with van der Waals surface area (Å²) in [6.45, 7) is 15.5. The molecule has 3 aliphatic carbocycles. The van der Waals surface area contributed by atoms with E-state index in [1.54, 1.807) is 13.8 Å². The molecule has 0 aromatic heterocycles. The molecule has 0 aromatic carbocycles. The van der Waals surface area contributed by atoms with Crippen LogP contribution in [-0.2, 0) is 57.5 Å². The van der Waals surface area contributed by atoms with E-state index >= 15 is 9.59 Å². The van der Waals surface area contributed by atoms with Gasteiger partial charge in [-0.2, -0.15) is 13.2 Å². The van der Waals surface area contributed by atoms with Gasteiger partial charge in [-0.25, -0.2) is 0 Å². The number of halogens is 4. The van der Waals surface area contributed by atoms with Crippen molar-refractivity contribution in [3.63, 3.8) is 0 Å². The first-order chi connectivity index (χ1) is 45.7. The molecule has 12 amide bonds. The lowest BCUT2D eigenvalue weighted by molar-refractivity contribution is -0.182. The molecule has 98 heavy (non-hydrogen) atoms. The smallest absolute Gasteiger partial charge is 0.347 e. The van der Waals surface area contributed by atoms with Crippen LogP contribution in [0.15, 0.2) is 0 Å². The van der Waals surface area contributed by atoms with E-state index in [4.69, 9.17) is 11.6 Å². The summed E-state index contributed by atoms with van der Waals surface area (Å²) >= 11 is 6.37. The number of hydrogen-bond acceptors (Lipinski definition) is 12. The Bertz CT molecular complexity index is 2860. The first-order valence-corrected chi connectivity index (χ1v) is 36.1. The van der Waals surface area contributed by atoms with Crippen LogP contribution in [0.25, 0.3) is 0 Å². The van der Waals surface area contributed by atoms with Crippen molar-refractivity contribution in [2.75, 3.05) is 76.5 Å². The van der Waals surface area contributed by atoms with Gasteiger partial charge in [0, 0.05) is 75.4 Å². The fraction of sp³-hybridized carbons (Fsp3) is 0.829. The third kappa shape index (κ3) is 19.8. The Kier molecular flexibility index (Phi) is 29.7. The lowest BCUT2D eigenvalue weighted by atomic mass is 9.78. The molecule has 0 bridgehead atoms. The minimum absolute atomic E-state index is 0.0138. The molecule has 24 nitrogen and oxygen atoms in total. The predicted molar refractivity (Wildman–Crippen MR) is 365 cm³/mol. The van der Waals surface area contributed by atoms with Crippen molar-refractivity contribution in [2.24, 2.45) is 41.4 Å². The molecular formula is C70H116ClF3N12O12. The predicted octanol–water partition coefficient (Wildman–Crippen LogP) is 5.66. The molecule has 28 heteroatoms. The molecule has 5 rings (SSSR count). The van der Waals surface area contributed by atoms with Crippen LogP contribution in [0, 0.1) is 41.4 Å². The van der Waals surface area contributed by atoms with Gasteiger partial charge in [0.2, 0.25) is 70.9 Å². The van der Waals surface area contributed by atoms with E-state index in [1.807, 2.05) is 27.7 Å². The fourth-order valence-corrected chi connectivity index (χ4v) is 15.4. The van der Waals surface area contributed by atoms with E-state index in [0.717, 1.165) is 40.4 Å². The number of hydrogen-bond donors (Lipinski definition) is 3. The highest BCUT2D eigenvalue weighted by Gasteiger charge is 2.52. The summed E-state index contributed by atoms with van der Waals surface area (Å²) in [5.41, 5.74) is -1.60. The monoisotopic (exact) mass is 1410 g/mol. The Balaban J connectivity index is 1.61. The van der Waals surface area contributed by atoms with Crippen molar-refractivity contribution in [1.29, 1.82) is 0 Å². The zero-order valence-electron chi connectivity index (χ0n) is 61.6. The largest absolute Gasteiger partial charge is 0.393 e. The highest BCUT2D eigenvalue weighted by atomic mass is 35.5. The topological polar surface area (TPSA) is 270 Å². The third-order valence-electron chi connectivity index (χ3n) is 22.5. The molecule has 2 heterocycles. The van der Waals surface area contributed by atoms with Crippen molar-refractivity contribution >= 4 is 82.5 Å². The number of rotatable bonds is 12. The molecule has 2 saturated heterocycles. The van der Waals surface area contributed by atoms with Crippen LogP contribution >= 0.6 is 11.6 Å². The quantitative estimate of drug-likeness (QED) is 0.200. The average Bonchev–Trinajstić information content (AvgIpc) is 1.17. The van der Waals surface area contributed by atoms with Gasteiger partial charge in [-0.3, -0.25) is 57.5 Å². The Morgan fingerprint density at radius 3 is 1.74 bits per heavy atom. The minimum atomic E-state index is -4.52. The fourth-order valence-electron chi connectivity index (χ4n) is 14.8. The molecular weight excluding hydrogens is 1290 g/mol. The van der Waals surface area contributed by atoms with Crippen LogP contribution in [-0.4, -0.2) is 263 Å². The highest BCUT2D eigenvalue weighted by molar-refractivity contribution is 6.21. The van der Waals surface area contributed by atoms with Gasteiger partial charge in [-0.15, -0.1) is 11.6 Å². The van der Waals surface area contributed by atoms with E-state index in [0.29, 0.717) is 31.6 Å². The molecule has 5 fully saturated rings. The van der Waals surface area contributed by atoms with Crippen LogP contribution in [0.2, 0.25) is 0 Å². The number of carbonyl (C=O) groups is 12. The zero-order chi connectivity index (χ0) is 73.9. The Hall–Kier alpha value is -6.28. The van der Waals surface area contributed by atoms with Gasteiger partial charge in [-0.05, 0) is 114 Å². The van der Waals surface area contributed by atoms with Gasteiger partial charge in [0.1, 0.15) is 59.9 Å². The summed E-state index contributed by atoms with van der Waals surface area (Å²) in [5.74, 6) is -10.8. The highest BCUT2D eigenvalue weighted by Crippen LogP contribution is 2.44. The van der Waals surface area contributed by atoms with E-state index in [-0.39, 0.29) is 88.5 Å². The molecule has 14 atom stereocenters. The van der Waals surface area contributed by atoms with Gasteiger partial charge in [0.15, 0.2) is 0 Å². The number of nitrogens with zero attached hydrogens (tertiary/aromatic N) is 9. The van der Waals surface area contributed by atoms with Gasteiger partial charge < -0.3 is 60.0 Å². The molecule has 0 aromatic rings. The number of likely N-dealkylation sites (N-methyl/N-ethyl adjacent to an activating group) is 8. The summed E-state index contributed by atoms with van der Waals surface area (Å²) in [6, 6.07) is -11.2. The van der Waals surface area contributed by atoms with Crippen molar-refractivity contribution in [1.82, 2.24) is 60.0 Å². The molecule has 2 aliphatic heterocycles. The van der Waals surface area contributed by atoms with Crippen molar-refractivity contribution < 1.29 is 70.7 Å². The molecule has 1 spiro atoms. The van der Waals surface area contributed by atoms with Crippen LogP contribution < -0.4 is 16.0 Å². The lowest BCUT2D eigenvalue weighted by Crippen LogP contribution is -2.65. The van der Waals surface area contributed by atoms with Crippen molar-refractivity contribution in [2.45, 2.75) is 256 Å². The second-order valence-corrected chi connectivity index (χ2v) is 30.7. The molecule has 3 unspecified atom stereocenters. The first kappa shape index (κ1) is 82.4. The first-order valence-electron chi connectivity index (χ1n) is 35.6.